The third-order valence-electron chi connectivity index (χ3n) is 3.04. The standard InChI is InChI=1S/C15H17F3O3S2Si/c1-24(2,3)21-14(13-8-12(9-22-13)23(19)20)10-5-4-6-11(7-10)15(16,17)18/h4-9,14H,1-3H3,(H,19,20). The number of benzene rings is 1. The van der Waals surface area contributed by atoms with Crippen molar-refractivity contribution in [3.05, 3.63) is 51.7 Å². The zero-order valence-electron chi connectivity index (χ0n) is 13.3. The van der Waals surface area contributed by atoms with E-state index in [0.717, 1.165) is 12.1 Å². The van der Waals surface area contributed by atoms with Crippen molar-refractivity contribution >= 4 is 30.7 Å². The molecular formula is C15H17F3O3S2Si. The van der Waals surface area contributed by atoms with Crippen LogP contribution >= 0.6 is 11.3 Å². The normalized spacial score (nSPS) is 15.3. The van der Waals surface area contributed by atoms with Crippen molar-refractivity contribution in [1.82, 2.24) is 0 Å². The monoisotopic (exact) mass is 394 g/mol. The predicted molar refractivity (Wildman–Crippen MR) is 91.1 cm³/mol. The Labute approximate surface area is 145 Å². The molecule has 0 fully saturated rings. The summed E-state index contributed by atoms with van der Waals surface area (Å²) in [6.45, 7) is 5.81. The van der Waals surface area contributed by atoms with Crippen LogP contribution in [0.25, 0.3) is 0 Å². The fraction of sp³-hybridized carbons (Fsp3) is 0.333. The molecule has 0 bridgehead atoms. The van der Waals surface area contributed by atoms with Crippen LogP contribution in [0.4, 0.5) is 13.2 Å². The van der Waals surface area contributed by atoms with Gasteiger partial charge in [0.2, 0.25) is 0 Å². The van der Waals surface area contributed by atoms with E-state index in [1.165, 1.54) is 28.8 Å². The van der Waals surface area contributed by atoms with Crippen LogP contribution in [-0.2, 0) is 21.7 Å². The number of thiophene rings is 1. The third kappa shape index (κ3) is 5.00. The van der Waals surface area contributed by atoms with E-state index < -0.39 is 37.2 Å². The van der Waals surface area contributed by atoms with Gasteiger partial charge in [-0.15, -0.1) is 11.3 Å². The topological polar surface area (TPSA) is 46.5 Å². The first-order valence-electron chi connectivity index (χ1n) is 7.01. The Hall–Kier alpha value is -1.00. The van der Waals surface area contributed by atoms with Crippen LogP contribution in [0.5, 0.6) is 0 Å². The second-order valence-corrected chi connectivity index (χ2v) is 12.5. The summed E-state index contributed by atoms with van der Waals surface area (Å²) >= 11 is -0.939. The third-order valence-corrected chi connectivity index (χ3v) is 5.75. The van der Waals surface area contributed by atoms with Crippen molar-refractivity contribution < 1.29 is 26.4 Å². The van der Waals surface area contributed by atoms with Crippen LogP contribution in [0.1, 0.15) is 22.1 Å². The smallest absolute Gasteiger partial charge is 0.406 e. The van der Waals surface area contributed by atoms with E-state index in [9.17, 15) is 21.9 Å². The van der Waals surface area contributed by atoms with Crippen molar-refractivity contribution in [3.8, 4) is 0 Å². The van der Waals surface area contributed by atoms with Gasteiger partial charge in [-0.3, -0.25) is 0 Å². The van der Waals surface area contributed by atoms with Gasteiger partial charge in [-0.05, 0) is 43.4 Å². The molecule has 2 aromatic rings. The van der Waals surface area contributed by atoms with E-state index in [0.29, 0.717) is 10.4 Å². The van der Waals surface area contributed by atoms with Gasteiger partial charge in [0.25, 0.3) is 0 Å². The molecule has 2 unspecified atom stereocenters. The summed E-state index contributed by atoms with van der Waals surface area (Å²) in [6, 6.07) is 6.51. The molecule has 24 heavy (non-hydrogen) atoms. The van der Waals surface area contributed by atoms with Gasteiger partial charge in [0, 0.05) is 10.3 Å². The maximum absolute atomic E-state index is 13.0. The summed E-state index contributed by atoms with van der Waals surface area (Å²) in [4.78, 5) is 0.820. The van der Waals surface area contributed by atoms with E-state index in [4.69, 9.17) is 4.43 Å². The molecular weight excluding hydrogens is 377 g/mol. The van der Waals surface area contributed by atoms with Crippen LogP contribution in [0.3, 0.4) is 0 Å². The van der Waals surface area contributed by atoms with E-state index in [1.807, 2.05) is 19.6 Å². The molecule has 0 saturated heterocycles. The zero-order valence-corrected chi connectivity index (χ0v) is 15.9. The van der Waals surface area contributed by atoms with Crippen molar-refractivity contribution in [2.45, 2.75) is 36.8 Å². The average Bonchev–Trinajstić information content (AvgIpc) is 2.93. The van der Waals surface area contributed by atoms with Gasteiger partial charge >= 0.3 is 6.18 Å². The minimum Gasteiger partial charge on any atom is -0.406 e. The van der Waals surface area contributed by atoms with E-state index in [1.54, 1.807) is 6.07 Å². The SMILES string of the molecule is C[Si](C)(C)OC(c1cccc(C(F)(F)F)c1)c1cc(S(=O)O)cs1. The zero-order chi connectivity index (χ0) is 18.1. The summed E-state index contributed by atoms with van der Waals surface area (Å²) < 4.78 is 65.4. The summed E-state index contributed by atoms with van der Waals surface area (Å²) in [5.41, 5.74) is -0.365. The van der Waals surface area contributed by atoms with Crippen molar-refractivity contribution in [3.63, 3.8) is 0 Å². The molecule has 9 heteroatoms. The lowest BCUT2D eigenvalue weighted by molar-refractivity contribution is -0.137. The first-order valence-corrected chi connectivity index (χ1v) is 12.4. The minimum absolute atomic E-state index is 0.214. The second kappa shape index (κ2) is 7.09. The van der Waals surface area contributed by atoms with Crippen LogP contribution in [0.15, 0.2) is 40.6 Å². The number of hydrogen-bond donors (Lipinski definition) is 1. The first-order chi connectivity index (χ1) is 11.0. The Morgan fingerprint density at radius 1 is 1.25 bits per heavy atom. The first kappa shape index (κ1) is 19.3. The summed E-state index contributed by atoms with van der Waals surface area (Å²) in [7, 11) is -2.08. The molecule has 2 atom stereocenters. The van der Waals surface area contributed by atoms with Crippen LogP contribution in [0, 0.1) is 0 Å². The number of alkyl halides is 3. The Kier molecular flexibility index (Phi) is 5.70. The molecule has 0 radical (unpaired) electrons. The van der Waals surface area contributed by atoms with E-state index >= 15 is 0 Å². The number of halogens is 3. The highest BCUT2D eigenvalue weighted by molar-refractivity contribution is 7.79. The lowest BCUT2D eigenvalue weighted by atomic mass is 10.0. The van der Waals surface area contributed by atoms with Crippen LogP contribution in [-0.4, -0.2) is 17.1 Å². The molecule has 2 rings (SSSR count). The predicted octanol–water partition coefficient (Wildman–Crippen LogP) is 5.29. The molecule has 0 amide bonds. The van der Waals surface area contributed by atoms with Crippen molar-refractivity contribution in [2.24, 2.45) is 0 Å². The Bertz CT molecular complexity index is 738. The van der Waals surface area contributed by atoms with Crippen LogP contribution in [0.2, 0.25) is 19.6 Å². The Balaban J connectivity index is 2.48. The molecule has 0 aliphatic rings. The average molecular weight is 395 g/mol. The van der Waals surface area contributed by atoms with Gasteiger partial charge in [-0.1, -0.05) is 12.1 Å². The molecule has 1 heterocycles. The summed E-state index contributed by atoms with van der Waals surface area (Å²) in [6.07, 6.45) is -5.13. The highest BCUT2D eigenvalue weighted by Crippen LogP contribution is 2.37. The Morgan fingerprint density at radius 3 is 2.42 bits per heavy atom. The van der Waals surface area contributed by atoms with Crippen molar-refractivity contribution in [2.75, 3.05) is 0 Å². The summed E-state index contributed by atoms with van der Waals surface area (Å²) in [5.74, 6) is 0. The molecule has 0 aliphatic carbocycles. The minimum atomic E-state index is -4.44. The van der Waals surface area contributed by atoms with E-state index in [2.05, 4.69) is 0 Å². The molecule has 132 valence electrons. The lowest BCUT2D eigenvalue weighted by Gasteiger charge is -2.26. The number of rotatable bonds is 5. The molecule has 0 saturated carbocycles. The van der Waals surface area contributed by atoms with Crippen LogP contribution < -0.4 is 0 Å². The highest BCUT2D eigenvalue weighted by Gasteiger charge is 2.32. The van der Waals surface area contributed by atoms with Gasteiger partial charge in [0.1, 0.15) is 6.10 Å². The summed E-state index contributed by atoms with van der Waals surface area (Å²) in [5, 5.41) is 1.51. The van der Waals surface area contributed by atoms with Gasteiger partial charge in [0.15, 0.2) is 19.4 Å². The number of hydrogen-bond acceptors (Lipinski definition) is 3. The van der Waals surface area contributed by atoms with Crippen molar-refractivity contribution in [1.29, 1.82) is 0 Å². The molecule has 1 aromatic carbocycles. The molecule has 1 aromatic heterocycles. The fourth-order valence-corrected chi connectivity index (χ4v) is 4.74. The van der Waals surface area contributed by atoms with Gasteiger partial charge in [0.05, 0.1) is 10.5 Å². The fourth-order valence-electron chi connectivity index (χ4n) is 2.09. The largest absolute Gasteiger partial charge is 0.416 e. The Morgan fingerprint density at radius 2 is 1.92 bits per heavy atom. The maximum atomic E-state index is 13.0. The lowest BCUT2D eigenvalue weighted by Crippen LogP contribution is -2.28. The molecule has 1 N–H and O–H groups in total. The van der Waals surface area contributed by atoms with Gasteiger partial charge < -0.3 is 8.98 Å². The second-order valence-electron chi connectivity index (χ2n) is 6.17. The highest BCUT2D eigenvalue weighted by atomic mass is 32.2. The molecule has 3 nitrogen and oxygen atoms in total. The molecule has 0 spiro atoms. The molecule has 0 aliphatic heterocycles. The maximum Gasteiger partial charge on any atom is 0.416 e. The van der Waals surface area contributed by atoms with E-state index in [-0.39, 0.29) is 4.90 Å². The van der Waals surface area contributed by atoms with Gasteiger partial charge in [-0.25, -0.2) is 4.21 Å². The quantitative estimate of drug-likeness (QED) is 0.554. The van der Waals surface area contributed by atoms with Gasteiger partial charge in [-0.2, -0.15) is 13.2 Å².